The van der Waals surface area contributed by atoms with Crippen LogP contribution in [0.3, 0.4) is 0 Å². The van der Waals surface area contributed by atoms with Gasteiger partial charge in [0.25, 0.3) is 5.91 Å². The van der Waals surface area contributed by atoms with E-state index in [1.807, 2.05) is 0 Å². The van der Waals surface area contributed by atoms with E-state index in [4.69, 9.17) is 15.2 Å². The van der Waals surface area contributed by atoms with Crippen LogP contribution in [0.5, 0.6) is 0 Å². The molecule has 2 rings (SSSR count). The van der Waals surface area contributed by atoms with Gasteiger partial charge >= 0.3 is 11.9 Å². The zero-order valence-electron chi connectivity index (χ0n) is 10.9. The molecule has 2 aliphatic rings. The molecule has 110 valence electrons. The number of esters is 1. The highest BCUT2D eigenvalue weighted by molar-refractivity contribution is 8.00. The van der Waals surface area contributed by atoms with Gasteiger partial charge in [-0.25, -0.2) is 4.79 Å². The number of rotatable bonds is 4. The third kappa shape index (κ3) is 2.07. The molecule has 0 aromatic rings. The summed E-state index contributed by atoms with van der Waals surface area (Å²) >= 11 is 1.27. The highest BCUT2D eigenvalue weighted by Gasteiger charge is 2.63. The summed E-state index contributed by atoms with van der Waals surface area (Å²) in [6, 6.07) is 0. The summed E-state index contributed by atoms with van der Waals surface area (Å²) in [6.45, 7) is 1.06. The van der Waals surface area contributed by atoms with Gasteiger partial charge in [0.05, 0.1) is 0 Å². The lowest BCUT2D eigenvalue weighted by atomic mass is 9.99. The minimum absolute atomic E-state index is 0.162. The first-order valence-corrected chi connectivity index (χ1v) is 6.75. The Bertz CT molecular complexity index is 519. The van der Waals surface area contributed by atoms with Crippen molar-refractivity contribution in [3.8, 4) is 0 Å². The lowest BCUT2D eigenvalue weighted by Gasteiger charge is -2.54. The second-order valence-corrected chi connectivity index (χ2v) is 5.44. The van der Waals surface area contributed by atoms with Crippen LogP contribution in [0.1, 0.15) is 6.92 Å². The number of hydrogen-bond acceptors (Lipinski definition) is 7. The van der Waals surface area contributed by atoms with Gasteiger partial charge in [-0.15, -0.1) is 11.8 Å². The van der Waals surface area contributed by atoms with E-state index in [1.165, 1.54) is 25.8 Å². The van der Waals surface area contributed by atoms with Crippen molar-refractivity contribution < 1.29 is 29.0 Å². The predicted octanol–water partition coefficient (Wildman–Crippen LogP) is -0.895. The Hall–Kier alpha value is -1.58. The van der Waals surface area contributed by atoms with Gasteiger partial charge in [-0.2, -0.15) is 0 Å². The van der Waals surface area contributed by atoms with Crippen molar-refractivity contribution in [1.82, 2.24) is 4.90 Å². The Kier molecular flexibility index (Phi) is 3.76. The molecule has 1 amide bonds. The van der Waals surface area contributed by atoms with Crippen molar-refractivity contribution >= 4 is 29.6 Å². The molecule has 0 bridgehead atoms. The van der Waals surface area contributed by atoms with E-state index in [2.05, 4.69) is 0 Å². The molecule has 0 aromatic heterocycles. The van der Waals surface area contributed by atoms with Gasteiger partial charge in [0.2, 0.25) is 5.72 Å². The van der Waals surface area contributed by atoms with Gasteiger partial charge < -0.3 is 14.6 Å². The number of fused-ring (bicyclic) bond motifs is 1. The number of hydrogen-bond donors (Lipinski definition) is 2. The Morgan fingerprint density at radius 3 is 2.75 bits per heavy atom. The molecule has 20 heavy (non-hydrogen) atoms. The summed E-state index contributed by atoms with van der Waals surface area (Å²) in [5.41, 5.74) is 4.47. The molecule has 2 aliphatic heterocycles. The molecule has 0 saturated carbocycles. The van der Waals surface area contributed by atoms with E-state index in [0.29, 0.717) is 11.3 Å². The van der Waals surface area contributed by atoms with Crippen LogP contribution in [0.15, 0.2) is 11.3 Å². The van der Waals surface area contributed by atoms with E-state index in [0.717, 1.165) is 4.90 Å². The number of β-lactam (4-membered cyclic amide) rings is 1. The molecule has 1 saturated heterocycles. The Balaban J connectivity index is 2.31. The van der Waals surface area contributed by atoms with Gasteiger partial charge in [0.1, 0.15) is 17.7 Å². The maximum atomic E-state index is 12.0. The average molecular weight is 302 g/mol. The van der Waals surface area contributed by atoms with Crippen LogP contribution in [0, 0.1) is 0 Å². The molecule has 0 spiro atoms. The number of thioether (sulfide) groups is 1. The van der Waals surface area contributed by atoms with Crippen LogP contribution in [-0.2, 0) is 23.9 Å². The van der Waals surface area contributed by atoms with E-state index >= 15 is 0 Å². The maximum absolute atomic E-state index is 12.0. The van der Waals surface area contributed by atoms with E-state index < -0.39 is 28.9 Å². The SMILES string of the molecule is COC1(N)C(=O)N2C(C(=O)O)=C(COC(C)=O)CS[C@@H]21. The highest BCUT2D eigenvalue weighted by atomic mass is 32.2. The lowest BCUT2D eigenvalue weighted by Crippen LogP contribution is -2.78. The number of nitrogens with two attached hydrogens (primary N) is 1. The number of aliphatic carboxylic acids is 1. The second-order valence-electron chi connectivity index (χ2n) is 4.37. The molecular formula is C11H14N2O6S. The van der Waals surface area contributed by atoms with Crippen LogP contribution in [0.25, 0.3) is 0 Å². The topological polar surface area (TPSA) is 119 Å². The van der Waals surface area contributed by atoms with Gasteiger partial charge in [0.15, 0.2) is 0 Å². The van der Waals surface area contributed by atoms with Crippen LogP contribution in [0.4, 0.5) is 0 Å². The molecular weight excluding hydrogens is 288 g/mol. The maximum Gasteiger partial charge on any atom is 0.352 e. The molecule has 1 fully saturated rings. The van der Waals surface area contributed by atoms with Crippen molar-refractivity contribution in [3.05, 3.63) is 11.3 Å². The van der Waals surface area contributed by atoms with Crippen molar-refractivity contribution in [1.29, 1.82) is 0 Å². The third-order valence-electron chi connectivity index (χ3n) is 3.14. The minimum Gasteiger partial charge on any atom is -0.477 e. The summed E-state index contributed by atoms with van der Waals surface area (Å²) in [6.07, 6.45) is 0. The van der Waals surface area contributed by atoms with Gasteiger partial charge in [0, 0.05) is 25.4 Å². The first-order valence-electron chi connectivity index (χ1n) is 5.71. The number of methoxy groups -OCH3 is 1. The third-order valence-corrected chi connectivity index (χ3v) is 4.53. The lowest BCUT2D eigenvalue weighted by molar-refractivity contribution is -0.183. The zero-order chi connectivity index (χ0) is 15.1. The zero-order valence-corrected chi connectivity index (χ0v) is 11.7. The van der Waals surface area contributed by atoms with Crippen molar-refractivity contribution in [3.63, 3.8) is 0 Å². The monoisotopic (exact) mass is 302 g/mol. The molecule has 3 N–H and O–H groups in total. The summed E-state index contributed by atoms with van der Waals surface area (Å²) in [5.74, 6) is -2.10. The molecule has 9 heteroatoms. The van der Waals surface area contributed by atoms with Crippen LogP contribution in [0.2, 0.25) is 0 Å². The average Bonchev–Trinajstić information content (AvgIpc) is 2.42. The fourth-order valence-corrected chi connectivity index (χ4v) is 3.48. The summed E-state index contributed by atoms with van der Waals surface area (Å²) < 4.78 is 9.79. The van der Waals surface area contributed by atoms with Gasteiger partial charge in [-0.1, -0.05) is 0 Å². The summed E-state index contributed by atoms with van der Waals surface area (Å²) in [5, 5.41) is 8.68. The van der Waals surface area contributed by atoms with E-state index in [1.54, 1.807) is 0 Å². The summed E-state index contributed by atoms with van der Waals surface area (Å²) in [4.78, 5) is 35.3. The van der Waals surface area contributed by atoms with Crippen molar-refractivity contribution in [2.45, 2.75) is 18.0 Å². The fourth-order valence-electron chi connectivity index (χ4n) is 2.10. The first kappa shape index (κ1) is 14.8. The Morgan fingerprint density at radius 1 is 1.60 bits per heavy atom. The van der Waals surface area contributed by atoms with Crippen LogP contribution >= 0.6 is 11.8 Å². The first-order chi connectivity index (χ1) is 9.32. The predicted molar refractivity (Wildman–Crippen MR) is 68.3 cm³/mol. The minimum atomic E-state index is -1.50. The van der Waals surface area contributed by atoms with E-state index in [9.17, 15) is 19.5 Å². The molecule has 0 aromatic carbocycles. The highest BCUT2D eigenvalue weighted by Crippen LogP contribution is 2.45. The number of carbonyl (C=O) groups excluding carboxylic acids is 2. The van der Waals surface area contributed by atoms with Gasteiger partial charge in [-0.05, 0) is 0 Å². The summed E-state index contributed by atoms with van der Waals surface area (Å²) in [7, 11) is 1.30. The molecule has 0 radical (unpaired) electrons. The molecule has 0 aliphatic carbocycles. The molecule has 2 heterocycles. The smallest absolute Gasteiger partial charge is 0.352 e. The van der Waals surface area contributed by atoms with Crippen LogP contribution < -0.4 is 5.73 Å². The number of carboxylic acid groups (broad SMARTS) is 1. The van der Waals surface area contributed by atoms with Crippen molar-refractivity contribution in [2.75, 3.05) is 19.5 Å². The van der Waals surface area contributed by atoms with Crippen LogP contribution in [-0.4, -0.2) is 58.4 Å². The number of carbonyl (C=O) groups is 3. The Labute approximate surface area is 118 Å². The fraction of sp³-hybridized carbons (Fsp3) is 0.545. The number of carboxylic acids is 1. The molecule has 8 nitrogen and oxygen atoms in total. The molecule has 2 atom stereocenters. The normalized spacial score (nSPS) is 28.9. The van der Waals surface area contributed by atoms with E-state index in [-0.39, 0.29) is 12.3 Å². The quantitative estimate of drug-likeness (QED) is 0.390. The second kappa shape index (κ2) is 5.08. The number of amides is 1. The largest absolute Gasteiger partial charge is 0.477 e. The Morgan fingerprint density at radius 2 is 2.25 bits per heavy atom. The van der Waals surface area contributed by atoms with Crippen molar-refractivity contribution in [2.24, 2.45) is 5.73 Å². The standard InChI is InChI=1S/C11H14N2O6S/c1-5(14)19-3-6-4-20-10-11(12,18-2)9(17)13(10)7(6)8(15)16/h10H,3-4,12H2,1-2H3,(H,15,16)/t10-,11?/m1/s1. The number of nitrogens with zero attached hydrogens (tertiary/aromatic N) is 1. The van der Waals surface area contributed by atoms with Gasteiger partial charge in [-0.3, -0.25) is 20.2 Å². The molecule has 1 unspecified atom stereocenters. The number of ether oxygens (including phenoxy) is 2.